The molecule has 1 aromatic rings. The van der Waals surface area contributed by atoms with Crippen molar-refractivity contribution in [2.24, 2.45) is 5.92 Å². The molecule has 1 aromatic carbocycles. The van der Waals surface area contributed by atoms with Crippen molar-refractivity contribution in [1.29, 1.82) is 0 Å². The Morgan fingerprint density at radius 3 is 2.20 bits per heavy atom. The first kappa shape index (κ1) is 18.6. The summed E-state index contributed by atoms with van der Waals surface area (Å²) >= 11 is 0. The number of imide groups is 1. The summed E-state index contributed by atoms with van der Waals surface area (Å²) in [6.07, 6.45) is 0.696. The number of methoxy groups -OCH3 is 1. The zero-order chi connectivity index (χ0) is 18.6. The van der Waals surface area contributed by atoms with Gasteiger partial charge in [0.1, 0.15) is 6.54 Å². The van der Waals surface area contributed by atoms with Gasteiger partial charge in [-0.15, -0.1) is 0 Å². The molecule has 0 spiro atoms. The average Bonchev–Trinajstić information content (AvgIpc) is 2.85. The number of esters is 1. The lowest BCUT2D eigenvalue weighted by atomic mass is 10.1. The first-order chi connectivity index (χ1) is 11.9. The SMILES string of the molecule is CCCN(CC(C)C(=O)OC)C(=O)CN1C(=O)c2ccccc2C1=O. The number of amides is 3. The van der Waals surface area contributed by atoms with Gasteiger partial charge in [-0.3, -0.25) is 24.1 Å². The molecule has 7 heteroatoms. The Labute approximate surface area is 146 Å². The molecule has 0 aromatic heterocycles. The number of hydrogen-bond donors (Lipinski definition) is 0. The van der Waals surface area contributed by atoms with E-state index in [1.165, 1.54) is 12.0 Å². The van der Waals surface area contributed by atoms with E-state index in [0.717, 1.165) is 4.90 Å². The van der Waals surface area contributed by atoms with E-state index >= 15 is 0 Å². The van der Waals surface area contributed by atoms with Crippen LogP contribution in [0, 0.1) is 5.92 Å². The fourth-order valence-corrected chi connectivity index (χ4v) is 2.81. The Balaban J connectivity index is 2.10. The third-order valence-corrected chi connectivity index (χ3v) is 4.12. The minimum Gasteiger partial charge on any atom is -0.469 e. The number of rotatable bonds is 7. The maximum Gasteiger partial charge on any atom is 0.310 e. The fraction of sp³-hybridized carbons (Fsp3) is 0.444. The lowest BCUT2D eigenvalue weighted by molar-refractivity contribution is -0.146. The number of carbonyl (C=O) groups excluding carboxylic acids is 4. The number of ether oxygens (including phenoxy) is 1. The second-order valence-corrected chi connectivity index (χ2v) is 6.01. The first-order valence-electron chi connectivity index (χ1n) is 8.21. The van der Waals surface area contributed by atoms with Crippen LogP contribution in [0.25, 0.3) is 0 Å². The Hall–Kier alpha value is -2.70. The van der Waals surface area contributed by atoms with Gasteiger partial charge in [-0.25, -0.2) is 0 Å². The van der Waals surface area contributed by atoms with Crippen LogP contribution in [0.2, 0.25) is 0 Å². The molecule has 0 saturated carbocycles. The van der Waals surface area contributed by atoms with E-state index in [4.69, 9.17) is 0 Å². The second-order valence-electron chi connectivity index (χ2n) is 6.01. The number of nitrogens with zero attached hydrogens (tertiary/aromatic N) is 2. The maximum atomic E-state index is 12.6. The third-order valence-electron chi connectivity index (χ3n) is 4.12. The molecule has 3 amide bonds. The van der Waals surface area contributed by atoms with E-state index in [1.54, 1.807) is 31.2 Å². The molecule has 25 heavy (non-hydrogen) atoms. The molecule has 0 saturated heterocycles. The predicted octanol–water partition coefficient (Wildman–Crippen LogP) is 1.33. The molecular weight excluding hydrogens is 324 g/mol. The van der Waals surface area contributed by atoms with Crippen molar-refractivity contribution in [3.63, 3.8) is 0 Å². The zero-order valence-electron chi connectivity index (χ0n) is 14.7. The number of fused-ring (bicyclic) bond motifs is 1. The van der Waals surface area contributed by atoms with Gasteiger partial charge in [0.2, 0.25) is 5.91 Å². The molecule has 134 valence electrons. The topological polar surface area (TPSA) is 84.0 Å². The normalized spacial score (nSPS) is 14.3. The molecule has 1 heterocycles. The molecule has 1 aliphatic heterocycles. The van der Waals surface area contributed by atoms with Crippen LogP contribution >= 0.6 is 0 Å². The summed E-state index contributed by atoms with van der Waals surface area (Å²) in [5, 5.41) is 0. The minimum atomic E-state index is -0.484. The molecule has 0 bridgehead atoms. The van der Waals surface area contributed by atoms with Crippen LogP contribution in [-0.4, -0.2) is 60.2 Å². The Kier molecular flexibility index (Phi) is 5.90. The summed E-state index contributed by atoms with van der Waals surface area (Å²) in [5.74, 6) is -2.19. The summed E-state index contributed by atoms with van der Waals surface area (Å²) in [7, 11) is 1.30. The number of carbonyl (C=O) groups is 4. The highest BCUT2D eigenvalue weighted by atomic mass is 16.5. The standard InChI is InChI=1S/C18H22N2O5/c1-4-9-19(10-12(2)18(24)25-3)15(21)11-20-16(22)13-7-5-6-8-14(13)17(20)23/h5-8,12H,4,9-11H2,1-3H3. The van der Waals surface area contributed by atoms with Gasteiger partial charge in [0, 0.05) is 13.1 Å². The minimum absolute atomic E-state index is 0.183. The van der Waals surface area contributed by atoms with E-state index in [-0.39, 0.29) is 19.0 Å². The Bertz CT molecular complexity index is 665. The van der Waals surface area contributed by atoms with Crippen molar-refractivity contribution < 1.29 is 23.9 Å². The number of benzene rings is 1. The van der Waals surface area contributed by atoms with E-state index in [1.807, 2.05) is 6.92 Å². The van der Waals surface area contributed by atoms with E-state index in [0.29, 0.717) is 24.1 Å². The maximum absolute atomic E-state index is 12.6. The largest absolute Gasteiger partial charge is 0.469 e. The monoisotopic (exact) mass is 346 g/mol. The highest BCUT2D eigenvalue weighted by Crippen LogP contribution is 2.22. The molecule has 0 aliphatic carbocycles. The Morgan fingerprint density at radius 1 is 1.16 bits per heavy atom. The van der Waals surface area contributed by atoms with Gasteiger partial charge in [-0.2, -0.15) is 0 Å². The van der Waals surface area contributed by atoms with Crippen LogP contribution in [0.5, 0.6) is 0 Å². The molecule has 2 rings (SSSR count). The van der Waals surface area contributed by atoms with Crippen molar-refractivity contribution in [3.05, 3.63) is 35.4 Å². The molecule has 1 unspecified atom stereocenters. The summed E-state index contributed by atoms with van der Waals surface area (Å²) in [6, 6.07) is 6.50. The van der Waals surface area contributed by atoms with Crippen LogP contribution in [-0.2, 0) is 14.3 Å². The summed E-state index contributed by atoms with van der Waals surface area (Å²) in [6.45, 7) is 3.86. The van der Waals surface area contributed by atoms with Gasteiger partial charge in [0.05, 0.1) is 24.2 Å². The van der Waals surface area contributed by atoms with Crippen LogP contribution in [0.1, 0.15) is 41.0 Å². The van der Waals surface area contributed by atoms with E-state index in [9.17, 15) is 19.2 Å². The lowest BCUT2D eigenvalue weighted by Crippen LogP contribution is -2.45. The van der Waals surface area contributed by atoms with Crippen molar-refractivity contribution in [2.75, 3.05) is 26.7 Å². The van der Waals surface area contributed by atoms with E-state index < -0.39 is 23.7 Å². The average molecular weight is 346 g/mol. The highest BCUT2D eigenvalue weighted by Gasteiger charge is 2.37. The van der Waals surface area contributed by atoms with Crippen LogP contribution in [0.4, 0.5) is 0 Å². The van der Waals surface area contributed by atoms with Gasteiger partial charge in [0.25, 0.3) is 11.8 Å². The van der Waals surface area contributed by atoms with Gasteiger partial charge in [-0.05, 0) is 18.6 Å². The van der Waals surface area contributed by atoms with Crippen molar-refractivity contribution >= 4 is 23.7 Å². The van der Waals surface area contributed by atoms with Gasteiger partial charge >= 0.3 is 5.97 Å². The van der Waals surface area contributed by atoms with Crippen LogP contribution < -0.4 is 0 Å². The molecule has 0 fully saturated rings. The van der Waals surface area contributed by atoms with E-state index in [2.05, 4.69) is 4.74 Å². The summed E-state index contributed by atoms with van der Waals surface area (Å²) in [5.41, 5.74) is 0.621. The molecular formula is C18H22N2O5. The van der Waals surface area contributed by atoms with Crippen LogP contribution in [0.15, 0.2) is 24.3 Å². The lowest BCUT2D eigenvalue weighted by Gasteiger charge is -2.26. The summed E-state index contributed by atoms with van der Waals surface area (Å²) in [4.78, 5) is 51.4. The van der Waals surface area contributed by atoms with Gasteiger partial charge in [-0.1, -0.05) is 26.0 Å². The first-order valence-corrected chi connectivity index (χ1v) is 8.21. The molecule has 0 N–H and O–H groups in total. The van der Waals surface area contributed by atoms with Crippen molar-refractivity contribution in [1.82, 2.24) is 9.80 Å². The van der Waals surface area contributed by atoms with Gasteiger partial charge in [0.15, 0.2) is 0 Å². The van der Waals surface area contributed by atoms with Crippen molar-refractivity contribution in [3.8, 4) is 0 Å². The fourth-order valence-electron chi connectivity index (χ4n) is 2.81. The van der Waals surface area contributed by atoms with Crippen molar-refractivity contribution in [2.45, 2.75) is 20.3 Å². The zero-order valence-corrected chi connectivity index (χ0v) is 14.7. The molecule has 0 radical (unpaired) electrons. The Morgan fingerprint density at radius 2 is 1.72 bits per heavy atom. The van der Waals surface area contributed by atoms with Gasteiger partial charge < -0.3 is 9.64 Å². The number of hydrogen-bond acceptors (Lipinski definition) is 5. The molecule has 1 atom stereocenters. The predicted molar refractivity (Wildman–Crippen MR) is 89.9 cm³/mol. The molecule has 1 aliphatic rings. The highest BCUT2D eigenvalue weighted by molar-refractivity contribution is 6.22. The third kappa shape index (κ3) is 3.87. The molecule has 7 nitrogen and oxygen atoms in total. The summed E-state index contributed by atoms with van der Waals surface area (Å²) < 4.78 is 4.69. The second kappa shape index (κ2) is 7.92. The quantitative estimate of drug-likeness (QED) is 0.549. The smallest absolute Gasteiger partial charge is 0.310 e. The van der Waals surface area contributed by atoms with Crippen LogP contribution in [0.3, 0.4) is 0 Å².